The van der Waals surface area contributed by atoms with Gasteiger partial charge in [-0.15, -0.1) is 0 Å². The molecule has 8 nitrogen and oxygen atoms in total. The Labute approximate surface area is 207 Å². The molecule has 1 unspecified atom stereocenters. The molecular weight excluding hydrogens is 466 g/mol. The van der Waals surface area contributed by atoms with Gasteiger partial charge >= 0.3 is 0 Å². The Bertz CT molecular complexity index is 1190. The summed E-state index contributed by atoms with van der Waals surface area (Å²) in [5, 5.41) is 2.96. The molecule has 1 aliphatic carbocycles. The molecule has 2 N–H and O–H groups in total. The van der Waals surface area contributed by atoms with E-state index in [9.17, 15) is 18.0 Å². The minimum atomic E-state index is -3.66. The van der Waals surface area contributed by atoms with Crippen molar-refractivity contribution in [2.45, 2.75) is 56.9 Å². The van der Waals surface area contributed by atoms with Crippen LogP contribution in [0.2, 0.25) is 0 Å². The summed E-state index contributed by atoms with van der Waals surface area (Å²) >= 11 is 0. The van der Waals surface area contributed by atoms with Gasteiger partial charge < -0.3 is 15.0 Å². The zero-order valence-corrected chi connectivity index (χ0v) is 21.2. The molecule has 0 spiro atoms. The lowest BCUT2D eigenvalue weighted by atomic mass is 9.81. The first kappa shape index (κ1) is 25.2. The molecule has 4 rings (SSSR count). The minimum Gasteiger partial charge on any atom is -0.497 e. The van der Waals surface area contributed by atoms with Gasteiger partial charge in [-0.05, 0) is 93.0 Å². The van der Waals surface area contributed by atoms with Crippen molar-refractivity contribution in [1.29, 1.82) is 0 Å². The van der Waals surface area contributed by atoms with Crippen molar-refractivity contribution in [2.75, 3.05) is 23.9 Å². The summed E-state index contributed by atoms with van der Waals surface area (Å²) in [5.74, 6) is 0.809. The van der Waals surface area contributed by atoms with Crippen LogP contribution in [0.15, 0.2) is 47.4 Å². The summed E-state index contributed by atoms with van der Waals surface area (Å²) in [6.45, 7) is 3.83. The first-order valence-electron chi connectivity index (χ1n) is 12.0. The van der Waals surface area contributed by atoms with Crippen LogP contribution in [-0.4, -0.2) is 39.9 Å². The van der Waals surface area contributed by atoms with Gasteiger partial charge in [0, 0.05) is 36.8 Å². The Balaban J connectivity index is 1.28. The standard InChI is InChI=1S/C26H33N3O5S/c1-17-14-21-15-24(12-13-25(21)29(17)18(2)30)35(32,33)27-16-19-4-6-20(7-5-19)26(31)28-22-8-10-23(34-3)11-9-22/h8-13,15,17,19-20,27H,4-7,14,16H2,1-3H3,(H,28,31). The highest BCUT2D eigenvalue weighted by Crippen LogP contribution is 2.34. The predicted molar refractivity (Wildman–Crippen MR) is 135 cm³/mol. The number of nitrogens with zero attached hydrogens (tertiary/aromatic N) is 1. The zero-order chi connectivity index (χ0) is 25.2. The molecule has 188 valence electrons. The number of ether oxygens (including phenoxy) is 1. The van der Waals surface area contributed by atoms with Crippen molar-refractivity contribution in [1.82, 2.24) is 4.72 Å². The first-order valence-corrected chi connectivity index (χ1v) is 13.5. The van der Waals surface area contributed by atoms with Gasteiger partial charge in [-0.25, -0.2) is 13.1 Å². The molecule has 2 amide bonds. The van der Waals surface area contributed by atoms with Crippen molar-refractivity contribution < 1.29 is 22.7 Å². The largest absolute Gasteiger partial charge is 0.497 e. The fourth-order valence-corrected chi connectivity index (χ4v) is 6.28. The quantitative estimate of drug-likeness (QED) is 0.604. The third kappa shape index (κ3) is 5.67. The monoisotopic (exact) mass is 499 g/mol. The lowest BCUT2D eigenvalue weighted by molar-refractivity contribution is -0.121. The normalized spacial score (nSPS) is 21.9. The zero-order valence-electron chi connectivity index (χ0n) is 20.4. The number of rotatable bonds is 7. The fraction of sp³-hybridized carbons (Fsp3) is 0.462. The number of methoxy groups -OCH3 is 1. The Hall–Kier alpha value is -2.91. The molecule has 2 aliphatic rings. The van der Waals surface area contributed by atoms with Gasteiger partial charge in [0.2, 0.25) is 21.8 Å². The van der Waals surface area contributed by atoms with Gasteiger partial charge in [-0.2, -0.15) is 0 Å². The predicted octanol–water partition coefficient (Wildman–Crippen LogP) is 3.72. The Morgan fingerprint density at radius 1 is 1.06 bits per heavy atom. The van der Waals surface area contributed by atoms with E-state index in [0.29, 0.717) is 13.0 Å². The molecule has 2 aromatic rings. The SMILES string of the molecule is COc1ccc(NC(=O)C2CCC(CNS(=O)(=O)c3ccc4c(c3)CC(C)N4C(C)=O)CC2)cc1. The summed E-state index contributed by atoms with van der Waals surface area (Å²) in [6.07, 6.45) is 3.68. The maximum atomic E-state index is 12.9. The molecule has 0 saturated heterocycles. The minimum absolute atomic E-state index is 0.00108. The van der Waals surface area contributed by atoms with Crippen LogP contribution in [0.5, 0.6) is 5.75 Å². The molecule has 1 aliphatic heterocycles. The van der Waals surface area contributed by atoms with Crippen LogP contribution in [0.1, 0.15) is 45.1 Å². The topological polar surface area (TPSA) is 105 Å². The van der Waals surface area contributed by atoms with Crippen LogP contribution in [0, 0.1) is 11.8 Å². The maximum Gasteiger partial charge on any atom is 0.240 e. The second-order valence-electron chi connectivity index (χ2n) is 9.52. The van der Waals surface area contributed by atoms with Crippen LogP contribution in [0.4, 0.5) is 11.4 Å². The molecule has 1 heterocycles. The van der Waals surface area contributed by atoms with Crippen LogP contribution in [-0.2, 0) is 26.0 Å². The smallest absolute Gasteiger partial charge is 0.240 e. The Kier molecular flexibility index (Phi) is 7.47. The van der Waals surface area contributed by atoms with Gasteiger partial charge in [0.05, 0.1) is 12.0 Å². The number of carbonyl (C=O) groups is 2. The van der Waals surface area contributed by atoms with E-state index < -0.39 is 10.0 Å². The van der Waals surface area contributed by atoms with Crippen molar-refractivity contribution >= 4 is 33.2 Å². The number of carbonyl (C=O) groups excluding carboxylic acids is 2. The van der Waals surface area contributed by atoms with Crippen LogP contribution in [0.25, 0.3) is 0 Å². The summed E-state index contributed by atoms with van der Waals surface area (Å²) in [5.41, 5.74) is 2.40. The number of amides is 2. The van der Waals surface area contributed by atoms with Gasteiger partial charge in [-0.1, -0.05) is 0 Å². The molecule has 1 fully saturated rings. The van der Waals surface area contributed by atoms with E-state index in [4.69, 9.17) is 4.74 Å². The van der Waals surface area contributed by atoms with E-state index in [2.05, 4.69) is 10.0 Å². The summed E-state index contributed by atoms with van der Waals surface area (Å²) < 4.78 is 33.8. The average molecular weight is 500 g/mol. The molecule has 9 heteroatoms. The van der Waals surface area contributed by atoms with Gasteiger partial charge in [0.1, 0.15) is 5.75 Å². The van der Waals surface area contributed by atoms with Gasteiger partial charge in [0.15, 0.2) is 0 Å². The second-order valence-corrected chi connectivity index (χ2v) is 11.3. The highest BCUT2D eigenvalue weighted by atomic mass is 32.2. The molecule has 35 heavy (non-hydrogen) atoms. The van der Waals surface area contributed by atoms with E-state index in [-0.39, 0.29) is 34.6 Å². The number of fused-ring (bicyclic) bond motifs is 1. The summed E-state index contributed by atoms with van der Waals surface area (Å²) in [7, 11) is -2.06. The highest BCUT2D eigenvalue weighted by Gasteiger charge is 2.31. The number of hydrogen-bond acceptors (Lipinski definition) is 5. The lowest BCUT2D eigenvalue weighted by Crippen LogP contribution is -2.34. The van der Waals surface area contributed by atoms with Crippen LogP contribution < -0.4 is 19.7 Å². The third-order valence-corrected chi connectivity index (χ3v) is 8.47. The van der Waals surface area contributed by atoms with E-state index in [1.54, 1.807) is 42.3 Å². The fourth-order valence-electron chi connectivity index (χ4n) is 5.11. The maximum absolute atomic E-state index is 12.9. The lowest BCUT2D eigenvalue weighted by Gasteiger charge is -2.28. The van der Waals surface area contributed by atoms with Crippen molar-refractivity contribution in [2.24, 2.45) is 11.8 Å². The van der Waals surface area contributed by atoms with Crippen molar-refractivity contribution in [3.63, 3.8) is 0 Å². The molecule has 0 aromatic heterocycles. The first-order chi connectivity index (χ1) is 16.7. The average Bonchev–Trinajstić information content (AvgIpc) is 3.18. The summed E-state index contributed by atoms with van der Waals surface area (Å²) in [6, 6.07) is 12.2. The Morgan fingerprint density at radius 2 is 1.74 bits per heavy atom. The number of nitrogens with one attached hydrogen (secondary N) is 2. The number of benzene rings is 2. The second kappa shape index (κ2) is 10.4. The van der Waals surface area contributed by atoms with E-state index >= 15 is 0 Å². The molecule has 1 atom stereocenters. The molecule has 2 aromatic carbocycles. The number of sulfonamides is 1. The molecular formula is C26H33N3O5S. The highest BCUT2D eigenvalue weighted by molar-refractivity contribution is 7.89. The van der Waals surface area contributed by atoms with Crippen LogP contribution in [0.3, 0.4) is 0 Å². The summed E-state index contributed by atoms with van der Waals surface area (Å²) in [4.78, 5) is 26.5. The van der Waals surface area contributed by atoms with E-state index in [1.165, 1.54) is 6.92 Å². The van der Waals surface area contributed by atoms with Crippen molar-refractivity contribution in [3.8, 4) is 5.75 Å². The van der Waals surface area contributed by atoms with Crippen molar-refractivity contribution in [3.05, 3.63) is 48.0 Å². The van der Waals surface area contributed by atoms with Gasteiger partial charge in [0.25, 0.3) is 0 Å². The van der Waals surface area contributed by atoms with Gasteiger partial charge in [-0.3, -0.25) is 9.59 Å². The number of hydrogen-bond donors (Lipinski definition) is 2. The van der Waals surface area contributed by atoms with E-state index in [0.717, 1.165) is 48.4 Å². The molecule has 1 saturated carbocycles. The molecule has 0 radical (unpaired) electrons. The Morgan fingerprint density at radius 3 is 2.37 bits per heavy atom. The van der Waals surface area contributed by atoms with Crippen LogP contribution >= 0.6 is 0 Å². The third-order valence-electron chi connectivity index (χ3n) is 7.05. The molecule has 0 bridgehead atoms. The number of anilines is 2. The van der Waals surface area contributed by atoms with E-state index in [1.807, 2.05) is 19.1 Å².